The van der Waals surface area contributed by atoms with E-state index < -0.39 is 5.41 Å². The molecule has 1 aromatic carbocycles. The van der Waals surface area contributed by atoms with Crippen molar-refractivity contribution in [3.8, 4) is 0 Å². The predicted octanol–water partition coefficient (Wildman–Crippen LogP) is 2.75. The Morgan fingerprint density at radius 1 is 1.25 bits per heavy atom. The number of nitrogens with zero attached hydrogens (tertiary/aromatic N) is 3. The van der Waals surface area contributed by atoms with Crippen LogP contribution in [0.15, 0.2) is 18.2 Å². The minimum absolute atomic E-state index is 0.179. The Morgan fingerprint density at radius 2 is 1.96 bits per heavy atom. The molecule has 6 nitrogen and oxygen atoms in total. The molecule has 2 aromatic rings. The number of anilines is 1. The third kappa shape index (κ3) is 3.38. The average Bonchev–Trinajstić information content (AvgIpc) is 2.97. The summed E-state index contributed by atoms with van der Waals surface area (Å²) in [5.74, 6) is -0.179. The minimum Gasteiger partial charge on any atom is -0.369 e. The Balaban J connectivity index is 1.63. The van der Waals surface area contributed by atoms with E-state index >= 15 is 0 Å². The van der Waals surface area contributed by atoms with Gasteiger partial charge in [0.05, 0.1) is 29.7 Å². The maximum atomic E-state index is 12.0. The van der Waals surface area contributed by atoms with E-state index in [1.165, 1.54) is 11.1 Å². The quantitative estimate of drug-likeness (QED) is 0.937. The standard InChI is InChI=1S/C18H26N4O2/c1-5-15-14-7-6-13(12-16(14)20-19-15)21-8-10-22(11-9-21)24-17(23)18(2,3)4/h6-7,12H,5,8-11H2,1-4H3,(H,19,20). The average molecular weight is 330 g/mol. The number of aromatic nitrogens is 2. The first kappa shape index (κ1) is 16.8. The highest BCUT2D eigenvalue weighted by Crippen LogP contribution is 2.24. The van der Waals surface area contributed by atoms with Gasteiger partial charge in [-0.25, -0.2) is 4.79 Å². The molecule has 130 valence electrons. The first-order valence-corrected chi connectivity index (χ1v) is 8.58. The van der Waals surface area contributed by atoms with Gasteiger partial charge < -0.3 is 9.74 Å². The molecule has 0 amide bonds. The largest absolute Gasteiger partial charge is 0.369 e. The number of nitrogens with one attached hydrogen (secondary N) is 1. The van der Waals surface area contributed by atoms with Crippen LogP contribution in [0.2, 0.25) is 0 Å². The molecule has 1 N–H and O–H groups in total. The summed E-state index contributed by atoms with van der Waals surface area (Å²) in [6.07, 6.45) is 0.928. The number of carbonyl (C=O) groups is 1. The number of rotatable bonds is 3. The normalized spacial score (nSPS) is 16.6. The highest BCUT2D eigenvalue weighted by Gasteiger charge is 2.28. The number of hydroxylamine groups is 2. The number of aromatic amines is 1. The summed E-state index contributed by atoms with van der Waals surface area (Å²) in [6, 6.07) is 6.44. The summed E-state index contributed by atoms with van der Waals surface area (Å²) >= 11 is 0. The zero-order valence-corrected chi connectivity index (χ0v) is 14.9. The van der Waals surface area contributed by atoms with Crippen LogP contribution in [0, 0.1) is 5.41 Å². The highest BCUT2D eigenvalue weighted by molar-refractivity contribution is 5.84. The molecule has 1 aliphatic rings. The van der Waals surface area contributed by atoms with Crippen molar-refractivity contribution < 1.29 is 9.63 Å². The number of benzene rings is 1. The molecule has 1 fully saturated rings. The van der Waals surface area contributed by atoms with Gasteiger partial charge in [-0.3, -0.25) is 5.10 Å². The van der Waals surface area contributed by atoms with Gasteiger partial charge >= 0.3 is 5.97 Å². The number of piperazine rings is 1. The summed E-state index contributed by atoms with van der Waals surface area (Å²) < 4.78 is 0. The molecule has 6 heteroatoms. The van der Waals surface area contributed by atoms with E-state index in [4.69, 9.17) is 4.84 Å². The third-order valence-electron chi connectivity index (χ3n) is 4.39. The molecule has 0 spiro atoms. The molecule has 1 aromatic heterocycles. The Morgan fingerprint density at radius 3 is 2.58 bits per heavy atom. The lowest BCUT2D eigenvalue weighted by Gasteiger charge is -2.35. The maximum absolute atomic E-state index is 12.0. The van der Waals surface area contributed by atoms with Crippen LogP contribution in [0.25, 0.3) is 10.9 Å². The monoisotopic (exact) mass is 330 g/mol. The SMILES string of the molecule is CCc1n[nH]c2cc(N3CCN(OC(=O)C(C)(C)C)CC3)ccc12. The van der Waals surface area contributed by atoms with Crippen molar-refractivity contribution in [2.45, 2.75) is 34.1 Å². The second-order valence-electron chi connectivity index (χ2n) is 7.30. The third-order valence-corrected chi connectivity index (χ3v) is 4.39. The highest BCUT2D eigenvalue weighted by atomic mass is 16.7. The predicted molar refractivity (Wildman–Crippen MR) is 94.8 cm³/mol. The first-order chi connectivity index (χ1) is 11.4. The smallest absolute Gasteiger partial charge is 0.330 e. The summed E-state index contributed by atoms with van der Waals surface area (Å²) in [4.78, 5) is 19.8. The van der Waals surface area contributed by atoms with Gasteiger partial charge in [-0.15, -0.1) is 5.06 Å². The van der Waals surface area contributed by atoms with E-state index in [-0.39, 0.29) is 5.97 Å². The van der Waals surface area contributed by atoms with Gasteiger partial charge in [0.25, 0.3) is 0 Å². The van der Waals surface area contributed by atoms with E-state index in [1.807, 2.05) is 20.8 Å². The molecule has 0 bridgehead atoms. The van der Waals surface area contributed by atoms with Gasteiger partial charge in [-0.1, -0.05) is 6.92 Å². The van der Waals surface area contributed by atoms with E-state index in [2.05, 4.69) is 40.2 Å². The molecule has 3 rings (SSSR count). The molecule has 0 atom stereocenters. The fourth-order valence-corrected chi connectivity index (χ4v) is 2.82. The van der Waals surface area contributed by atoms with Crippen LogP contribution in [0.5, 0.6) is 0 Å². The lowest BCUT2D eigenvalue weighted by molar-refractivity contribution is -0.201. The fraction of sp³-hybridized carbons (Fsp3) is 0.556. The van der Waals surface area contributed by atoms with E-state index in [0.29, 0.717) is 13.1 Å². The molecule has 0 saturated carbocycles. The topological polar surface area (TPSA) is 61.5 Å². The van der Waals surface area contributed by atoms with Crippen molar-refractivity contribution in [3.63, 3.8) is 0 Å². The molecule has 2 heterocycles. The number of fused-ring (bicyclic) bond motifs is 1. The molecule has 24 heavy (non-hydrogen) atoms. The van der Waals surface area contributed by atoms with Gasteiger partial charge in [0.2, 0.25) is 0 Å². The minimum atomic E-state index is -0.472. The Hall–Kier alpha value is -2.08. The van der Waals surface area contributed by atoms with Crippen molar-refractivity contribution >= 4 is 22.6 Å². The molecular weight excluding hydrogens is 304 g/mol. The van der Waals surface area contributed by atoms with Gasteiger partial charge in [-0.05, 0) is 45.4 Å². The van der Waals surface area contributed by atoms with Gasteiger partial charge in [0.15, 0.2) is 0 Å². The number of carbonyl (C=O) groups excluding carboxylic acids is 1. The van der Waals surface area contributed by atoms with E-state index in [9.17, 15) is 4.79 Å². The Labute approximate surface area is 142 Å². The fourth-order valence-electron chi connectivity index (χ4n) is 2.82. The Kier molecular flexibility index (Phi) is 4.49. The zero-order chi connectivity index (χ0) is 17.3. The summed E-state index contributed by atoms with van der Waals surface area (Å²) in [5.41, 5.74) is 2.89. The zero-order valence-electron chi connectivity index (χ0n) is 14.9. The molecular formula is C18H26N4O2. The lowest BCUT2D eigenvalue weighted by atomic mass is 9.98. The van der Waals surface area contributed by atoms with Crippen LogP contribution >= 0.6 is 0 Å². The van der Waals surface area contributed by atoms with Crippen LogP contribution in [-0.4, -0.2) is 47.4 Å². The number of hydrogen-bond donors (Lipinski definition) is 1. The molecule has 0 aliphatic carbocycles. The van der Waals surface area contributed by atoms with Gasteiger partial charge in [0.1, 0.15) is 0 Å². The van der Waals surface area contributed by atoms with Crippen molar-refractivity contribution in [2.24, 2.45) is 5.41 Å². The van der Waals surface area contributed by atoms with Crippen LogP contribution in [0.1, 0.15) is 33.4 Å². The van der Waals surface area contributed by atoms with Crippen LogP contribution in [0.4, 0.5) is 5.69 Å². The van der Waals surface area contributed by atoms with Crippen molar-refractivity contribution in [2.75, 3.05) is 31.1 Å². The number of H-pyrrole nitrogens is 1. The number of aryl methyl sites for hydroxylation is 1. The van der Waals surface area contributed by atoms with Crippen molar-refractivity contribution in [3.05, 3.63) is 23.9 Å². The summed E-state index contributed by atoms with van der Waals surface area (Å²) in [5, 5.41) is 10.4. The van der Waals surface area contributed by atoms with Crippen LogP contribution in [-0.2, 0) is 16.1 Å². The first-order valence-electron chi connectivity index (χ1n) is 8.58. The van der Waals surface area contributed by atoms with E-state index in [0.717, 1.165) is 30.7 Å². The second-order valence-corrected chi connectivity index (χ2v) is 7.30. The molecule has 1 saturated heterocycles. The van der Waals surface area contributed by atoms with Crippen molar-refractivity contribution in [1.29, 1.82) is 0 Å². The molecule has 1 aliphatic heterocycles. The van der Waals surface area contributed by atoms with Crippen LogP contribution < -0.4 is 4.90 Å². The molecule has 0 radical (unpaired) electrons. The number of hydrogen-bond acceptors (Lipinski definition) is 5. The molecule has 0 unspecified atom stereocenters. The Bertz CT molecular complexity index is 724. The van der Waals surface area contributed by atoms with Gasteiger partial charge in [0, 0.05) is 24.2 Å². The lowest BCUT2D eigenvalue weighted by Crippen LogP contribution is -2.48. The summed E-state index contributed by atoms with van der Waals surface area (Å²) in [6.45, 7) is 10.8. The maximum Gasteiger partial charge on any atom is 0.330 e. The summed E-state index contributed by atoms with van der Waals surface area (Å²) in [7, 11) is 0. The second kappa shape index (κ2) is 6.43. The van der Waals surface area contributed by atoms with Gasteiger partial charge in [-0.2, -0.15) is 5.10 Å². The van der Waals surface area contributed by atoms with E-state index in [1.54, 1.807) is 5.06 Å². The van der Waals surface area contributed by atoms with Crippen molar-refractivity contribution in [1.82, 2.24) is 15.3 Å². The van der Waals surface area contributed by atoms with Crippen LogP contribution in [0.3, 0.4) is 0 Å².